The summed E-state index contributed by atoms with van der Waals surface area (Å²) in [4.78, 5) is 38.7. The van der Waals surface area contributed by atoms with Crippen molar-refractivity contribution < 1.29 is 19.5 Å². The van der Waals surface area contributed by atoms with Gasteiger partial charge in [-0.15, -0.1) is 0 Å². The van der Waals surface area contributed by atoms with E-state index in [1.54, 1.807) is 24.3 Å². The molecule has 0 spiro atoms. The molecule has 4 rings (SSSR count). The molecule has 1 aliphatic heterocycles. The Morgan fingerprint density at radius 3 is 2.19 bits per heavy atom. The summed E-state index contributed by atoms with van der Waals surface area (Å²) >= 11 is 0. The van der Waals surface area contributed by atoms with E-state index < -0.39 is 17.8 Å². The third kappa shape index (κ3) is 3.36. The monoisotopic (exact) mass is 368 g/mol. The number of carboxylic acid groups (broad SMARTS) is 1. The van der Waals surface area contributed by atoms with Gasteiger partial charge in [0.05, 0.1) is 11.8 Å². The van der Waals surface area contributed by atoms with Gasteiger partial charge in [0.15, 0.2) is 0 Å². The lowest BCUT2D eigenvalue weighted by Crippen LogP contribution is -2.36. The molecule has 27 heavy (non-hydrogen) atoms. The van der Waals surface area contributed by atoms with Gasteiger partial charge in [-0.2, -0.15) is 0 Å². The van der Waals surface area contributed by atoms with Crippen LogP contribution in [0.3, 0.4) is 0 Å². The molecule has 4 atom stereocenters. The lowest BCUT2D eigenvalue weighted by Gasteiger charge is -2.27. The molecule has 2 N–H and O–H groups in total. The van der Waals surface area contributed by atoms with Crippen LogP contribution < -0.4 is 5.32 Å². The summed E-state index contributed by atoms with van der Waals surface area (Å²) in [6.45, 7) is 1.59. The third-order valence-electron chi connectivity index (χ3n) is 6.09. The number of anilines is 1. The van der Waals surface area contributed by atoms with Gasteiger partial charge in [0.25, 0.3) is 5.91 Å². The molecule has 2 amide bonds. The van der Waals surface area contributed by atoms with Crippen LogP contribution in [-0.2, 0) is 9.59 Å². The SMILES string of the molecule is O=C(O)[C@@H]1[C@@H](C(=O)Nc2ccc(C(=O)N3CCCCC3)cc2)[C@H]2C=C[C@@H]1C2. The summed E-state index contributed by atoms with van der Waals surface area (Å²) in [5.74, 6) is -2.38. The molecule has 0 aromatic heterocycles. The fourth-order valence-corrected chi connectivity index (χ4v) is 4.72. The molecule has 6 heteroatoms. The van der Waals surface area contributed by atoms with E-state index in [1.807, 2.05) is 17.1 Å². The molecule has 6 nitrogen and oxygen atoms in total. The highest BCUT2D eigenvalue weighted by Gasteiger charge is 2.51. The van der Waals surface area contributed by atoms with Crippen LogP contribution in [0.25, 0.3) is 0 Å². The van der Waals surface area contributed by atoms with Gasteiger partial charge in [-0.1, -0.05) is 12.2 Å². The maximum atomic E-state index is 12.7. The number of nitrogens with one attached hydrogen (secondary N) is 1. The average Bonchev–Trinajstić information content (AvgIpc) is 3.30. The molecule has 0 unspecified atom stereocenters. The molecule has 1 heterocycles. The van der Waals surface area contributed by atoms with Crippen LogP contribution in [0.2, 0.25) is 0 Å². The van der Waals surface area contributed by atoms with Gasteiger partial charge < -0.3 is 15.3 Å². The molecule has 1 saturated heterocycles. The number of hydrogen-bond donors (Lipinski definition) is 2. The predicted octanol–water partition coefficient (Wildman–Crippen LogP) is 2.77. The van der Waals surface area contributed by atoms with Crippen molar-refractivity contribution in [3.05, 3.63) is 42.0 Å². The number of hydrogen-bond acceptors (Lipinski definition) is 3. The Morgan fingerprint density at radius 2 is 1.56 bits per heavy atom. The number of likely N-dealkylation sites (tertiary alicyclic amines) is 1. The number of nitrogens with zero attached hydrogens (tertiary/aromatic N) is 1. The lowest BCUT2D eigenvalue weighted by molar-refractivity contribution is -0.146. The zero-order valence-electron chi connectivity index (χ0n) is 15.1. The molecule has 2 bridgehead atoms. The molecule has 1 aromatic carbocycles. The molecular formula is C21H24N2O4. The van der Waals surface area contributed by atoms with Crippen molar-refractivity contribution in [2.45, 2.75) is 25.7 Å². The summed E-state index contributed by atoms with van der Waals surface area (Å²) in [7, 11) is 0. The third-order valence-corrected chi connectivity index (χ3v) is 6.09. The van der Waals surface area contributed by atoms with Crippen LogP contribution in [-0.4, -0.2) is 40.9 Å². The van der Waals surface area contributed by atoms with Crippen LogP contribution in [0.4, 0.5) is 5.69 Å². The smallest absolute Gasteiger partial charge is 0.307 e. The Labute approximate surface area is 158 Å². The second-order valence-corrected chi connectivity index (χ2v) is 7.76. The van der Waals surface area contributed by atoms with E-state index in [0.29, 0.717) is 11.3 Å². The van der Waals surface area contributed by atoms with Crippen molar-refractivity contribution in [3.8, 4) is 0 Å². The fraction of sp³-hybridized carbons (Fsp3) is 0.476. The normalized spacial score (nSPS) is 29.0. The minimum Gasteiger partial charge on any atom is -0.481 e. The van der Waals surface area contributed by atoms with Crippen molar-refractivity contribution in [2.24, 2.45) is 23.7 Å². The fourth-order valence-electron chi connectivity index (χ4n) is 4.72. The van der Waals surface area contributed by atoms with Crippen molar-refractivity contribution >= 4 is 23.5 Å². The van der Waals surface area contributed by atoms with Crippen molar-refractivity contribution in [1.82, 2.24) is 4.90 Å². The first-order chi connectivity index (χ1) is 13.0. The van der Waals surface area contributed by atoms with Crippen molar-refractivity contribution in [2.75, 3.05) is 18.4 Å². The van der Waals surface area contributed by atoms with Crippen LogP contribution in [0.15, 0.2) is 36.4 Å². The Hall–Kier alpha value is -2.63. The zero-order valence-corrected chi connectivity index (χ0v) is 15.1. The number of carbonyl (C=O) groups excluding carboxylic acids is 2. The zero-order chi connectivity index (χ0) is 19.0. The van der Waals surface area contributed by atoms with E-state index in [4.69, 9.17) is 0 Å². The van der Waals surface area contributed by atoms with Gasteiger partial charge in [0, 0.05) is 24.3 Å². The van der Waals surface area contributed by atoms with E-state index in [-0.39, 0.29) is 23.7 Å². The molecule has 1 aromatic rings. The van der Waals surface area contributed by atoms with Crippen LogP contribution >= 0.6 is 0 Å². The Kier molecular flexibility index (Phi) is 4.72. The number of fused-ring (bicyclic) bond motifs is 2. The molecular weight excluding hydrogens is 344 g/mol. The predicted molar refractivity (Wildman–Crippen MR) is 100 cm³/mol. The number of allylic oxidation sites excluding steroid dienone is 2. The Morgan fingerprint density at radius 1 is 0.926 bits per heavy atom. The molecule has 142 valence electrons. The minimum absolute atomic E-state index is 0.00366. The lowest BCUT2D eigenvalue weighted by atomic mass is 9.82. The number of aliphatic carboxylic acids is 1. The first-order valence-electron chi connectivity index (χ1n) is 9.66. The van der Waals surface area contributed by atoms with Gasteiger partial charge >= 0.3 is 5.97 Å². The molecule has 0 radical (unpaired) electrons. The highest BCUT2D eigenvalue weighted by Crippen LogP contribution is 2.48. The van der Waals surface area contributed by atoms with E-state index in [0.717, 1.165) is 32.4 Å². The van der Waals surface area contributed by atoms with Gasteiger partial charge in [-0.25, -0.2) is 0 Å². The van der Waals surface area contributed by atoms with Crippen molar-refractivity contribution in [3.63, 3.8) is 0 Å². The second kappa shape index (κ2) is 7.18. The van der Waals surface area contributed by atoms with E-state index in [1.165, 1.54) is 6.42 Å². The molecule has 2 fully saturated rings. The highest BCUT2D eigenvalue weighted by molar-refractivity contribution is 5.98. The number of carboxylic acids is 1. The summed E-state index contributed by atoms with van der Waals surface area (Å²) in [5, 5.41) is 12.3. The van der Waals surface area contributed by atoms with E-state index >= 15 is 0 Å². The van der Waals surface area contributed by atoms with Crippen LogP contribution in [0.5, 0.6) is 0 Å². The quantitative estimate of drug-likeness (QED) is 0.800. The first-order valence-corrected chi connectivity index (χ1v) is 9.66. The summed E-state index contributed by atoms with van der Waals surface area (Å²) in [5.41, 5.74) is 1.20. The van der Waals surface area contributed by atoms with Crippen LogP contribution in [0.1, 0.15) is 36.0 Å². The Bertz CT molecular complexity index is 780. The van der Waals surface area contributed by atoms with E-state index in [9.17, 15) is 19.5 Å². The maximum Gasteiger partial charge on any atom is 0.307 e. The van der Waals surface area contributed by atoms with E-state index in [2.05, 4.69) is 5.32 Å². The van der Waals surface area contributed by atoms with Crippen molar-refractivity contribution in [1.29, 1.82) is 0 Å². The minimum atomic E-state index is -0.908. The van der Waals surface area contributed by atoms with Gasteiger partial charge in [0.2, 0.25) is 5.91 Å². The molecule has 1 saturated carbocycles. The average molecular weight is 368 g/mol. The number of carbonyl (C=O) groups is 3. The largest absolute Gasteiger partial charge is 0.481 e. The number of benzene rings is 1. The highest BCUT2D eigenvalue weighted by atomic mass is 16.4. The molecule has 3 aliphatic rings. The maximum absolute atomic E-state index is 12.7. The topological polar surface area (TPSA) is 86.7 Å². The summed E-state index contributed by atoms with van der Waals surface area (Å²) in [6.07, 6.45) is 7.89. The van der Waals surface area contributed by atoms with Gasteiger partial charge in [-0.3, -0.25) is 14.4 Å². The number of amides is 2. The second-order valence-electron chi connectivity index (χ2n) is 7.76. The first kappa shape index (κ1) is 17.8. The van der Waals surface area contributed by atoms with Gasteiger partial charge in [-0.05, 0) is 61.8 Å². The Balaban J connectivity index is 1.42. The summed E-state index contributed by atoms with van der Waals surface area (Å²) in [6, 6.07) is 6.88. The van der Waals surface area contributed by atoms with Gasteiger partial charge in [0.1, 0.15) is 0 Å². The number of piperidine rings is 1. The summed E-state index contributed by atoms with van der Waals surface area (Å²) < 4.78 is 0. The number of rotatable bonds is 4. The van der Waals surface area contributed by atoms with Crippen LogP contribution in [0, 0.1) is 23.7 Å². The molecule has 2 aliphatic carbocycles. The standard InChI is InChI=1S/C21H24N2O4/c24-19(17-14-4-5-15(12-14)18(17)21(26)27)22-16-8-6-13(7-9-16)20(25)23-10-2-1-3-11-23/h4-9,14-15,17-18H,1-3,10-12H2,(H,22,24)(H,26,27)/t14-,15+,17-,18-/m0/s1.